The zero-order chi connectivity index (χ0) is 16.9. The van der Waals surface area contributed by atoms with Crippen LogP contribution in [-0.4, -0.2) is 22.2 Å². The van der Waals surface area contributed by atoms with Crippen LogP contribution in [0.1, 0.15) is 21.5 Å². The molecule has 2 aromatic carbocycles. The molecule has 0 saturated heterocycles. The quantitative estimate of drug-likeness (QED) is 0.768. The van der Waals surface area contributed by atoms with Crippen LogP contribution in [0.5, 0.6) is 0 Å². The summed E-state index contributed by atoms with van der Waals surface area (Å²) in [6.07, 6.45) is 4.05. The summed E-state index contributed by atoms with van der Waals surface area (Å²) >= 11 is 5.95. The number of rotatable bonds is 5. The van der Waals surface area contributed by atoms with E-state index in [1.165, 1.54) is 5.56 Å². The van der Waals surface area contributed by atoms with Gasteiger partial charge in [-0.2, -0.15) is 5.10 Å². The van der Waals surface area contributed by atoms with Gasteiger partial charge in [0.25, 0.3) is 5.91 Å². The molecule has 122 valence electrons. The standard InChI is InChI=1S/C19H18ClN3O/c1-14-5-7-18(8-6-14)23-13-16(12-22-23)19(24)21-10-9-15-3-2-4-17(20)11-15/h2-8,11-13H,9-10H2,1H3,(H,21,24). The van der Waals surface area contributed by atoms with E-state index in [1.54, 1.807) is 17.1 Å². The molecule has 0 aliphatic heterocycles. The van der Waals surface area contributed by atoms with Crippen LogP contribution in [0.3, 0.4) is 0 Å². The monoisotopic (exact) mass is 339 g/mol. The van der Waals surface area contributed by atoms with E-state index in [9.17, 15) is 4.79 Å². The Morgan fingerprint density at radius 1 is 1.21 bits per heavy atom. The fourth-order valence-electron chi connectivity index (χ4n) is 2.39. The van der Waals surface area contributed by atoms with Gasteiger partial charge in [-0.3, -0.25) is 4.79 Å². The first-order valence-corrected chi connectivity index (χ1v) is 8.14. The molecule has 0 aliphatic rings. The Morgan fingerprint density at radius 2 is 2.00 bits per heavy atom. The number of halogens is 1. The number of hydrogen-bond donors (Lipinski definition) is 1. The van der Waals surface area contributed by atoms with Gasteiger partial charge in [-0.25, -0.2) is 4.68 Å². The van der Waals surface area contributed by atoms with Gasteiger partial charge in [-0.1, -0.05) is 41.4 Å². The zero-order valence-electron chi connectivity index (χ0n) is 13.4. The first-order valence-electron chi connectivity index (χ1n) is 7.76. The molecule has 0 atom stereocenters. The number of amides is 1. The molecule has 0 bridgehead atoms. The van der Waals surface area contributed by atoms with Gasteiger partial charge < -0.3 is 5.32 Å². The minimum absolute atomic E-state index is 0.129. The molecule has 5 heteroatoms. The molecule has 0 radical (unpaired) electrons. The lowest BCUT2D eigenvalue weighted by atomic mass is 10.1. The average Bonchev–Trinajstić information content (AvgIpc) is 3.05. The lowest BCUT2D eigenvalue weighted by molar-refractivity contribution is 0.0954. The first kappa shape index (κ1) is 16.3. The number of carbonyl (C=O) groups excluding carboxylic acids is 1. The van der Waals surface area contributed by atoms with Gasteiger partial charge in [0.2, 0.25) is 0 Å². The van der Waals surface area contributed by atoms with Crippen molar-refractivity contribution in [3.63, 3.8) is 0 Å². The molecular weight excluding hydrogens is 322 g/mol. The third-order valence-electron chi connectivity index (χ3n) is 3.73. The van der Waals surface area contributed by atoms with Crippen molar-refractivity contribution < 1.29 is 4.79 Å². The molecule has 24 heavy (non-hydrogen) atoms. The van der Waals surface area contributed by atoms with Gasteiger partial charge in [0, 0.05) is 17.8 Å². The van der Waals surface area contributed by atoms with Gasteiger partial charge >= 0.3 is 0 Å². The summed E-state index contributed by atoms with van der Waals surface area (Å²) in [4.78, 5) is 12.2. The fraction of sp³-hybridized carbons (Fsp3) is 0.158. The van der Waals surface area contributed by atoms with Crippen LogP contribution in [0.15, 0.2) is 60.9 Å². The van der Waals surface area contributed by atoms with E-state index in [1.807, 2.05) is 55.5 Å². The Morgan fingerprint density at radius 3 is 2.75 bits per heavy atom. The fourth-order valence-corrected chi connectivity index (χ4v) is 2.61. The van der Waals surface area contributed by atoms with Crippen LogP contribution in [-0.2, 0) is 6.42 Å². The molecule has 0 spiro atoms. The van der Waals surface area contributed by atoms with Gasteiger partial charge in [0.1, 0.15) is 0 Å². The van der Waals surface area contributed by atoms with E-state index >= 15 is 0 Å². The Balaban J connectivity index is 1.58. The number of carbonyl (C=O) groups is 1. The van der Waals surface area contributed by atoms with Crippen molar-refractivity contribution >= 4 is 17.5 Å². The van der Waals surface area contributed by atoms with Crippen molar-refractivity contribution in [3.05, 3.63) is 82.6 Å². The van der Waals surface area contributed by atoms with E-state index < -0.39 is 0 Å². The number of aromatic nitrogens is 2. The molecule has 0 unspecified atom stereocenters. The second-order valence-electron chi connectivity index (χ2n) is 5.64. The Hall–Kier alpha value is -2.59. The summed E-state index contributed by atoms with van der Waals surface area (Å²) in [5.41, 5.74) is 3.75. The van der Waals surface area contributed by atoms with Crippen LogP contribution in [0, 0.1) is 6.92 Å². The van der Waals surface area contributed by atoms with Crippen LogP contribution in [0.25, 0.3) is 5.69 Å². The summed E-state index contributed by atoms with van der Waals surface area (Å²) in [5, 5.41) is 7.87. The maximum Gasteiger partial charge on any atom is 0.254 e. The normalized spacial score (nSPS) is 10.6. The molecule has 0 aliphatic carbocycles. The Bertz CT molecular complexity index is 840. The second kappa shape index (κ2) is 7.32. The maximum atomic E-state index is 12.2. The van der Waals surface area contributed by atoms with Gasteiger partial charge in [0.15, 0.2) is 0 Å². The summed E-state index contributed by atoms with van der Waals surface area (Å²) in [5.74, 6) is -0.129. The highest BCUT2D eigenvalue weighted by Gasteiger charge is 2.09. The minimum Gasteiger partial charge on any atom is -0.352 e. The molecule has 1 heterocycles. The molecule has 0 fully saturated rings. The molecule has 1 N–H and O–H groups in total. The van der Waals surface area contributed by atoms with Crippen LogP contribution >= 0.6 is 11.6 Å². The van der Waals surface area contributed by atoms with E-state index in [4.69, 9.17) is 11.6 Å². The smallest absolute Gasteiger partial charge is 0.254 e. The molecule has 1 amide bonds. The lowest BCUT2D eigenvalue weighted by Crippen LogP contribution is -2.25. The maximum absolute atomic E-state index is 12.2. The Kier molecular flexibility index (Phi) is 4.96. The zero-order valence-corrected chi connectivity index (χ0v) is 14.1. The highest BCUT2D eigenvalue weighted by atomic mass is 35.5. The average molecular weight is 340 g/mol. The predicted octanol–water partition coefficient (Wildman–Crippen LogP) is 3.81. The van der Waals surface area contributed by atoms with Crippen molar-refractivity contribution in [2.45, 2.75) is 13.3 Å². The number of nitrogens with one attached hydrogen (secondary N) is 1. The van der Waals surface area contributed by atoms with E-state index in [-0.39, 0.29) is 5.91 Å². The Labute approximate surface area is 146 Å². The lowest BCUT2D eigenvalue weighted by Gasteiger charge is -2.04. The predicted molar refractivity (Wildman–Crippen MR) is 95.8 cm³/mol. The van der Waals surface area contributed by atoms with Gasteiger partial charge in [-0.15, -0.1) is 0 Å². The minimum atomic E-state index is -0.129. The summed E-state index contributed by atoms with van der Waals surface area (Å²) in [6.45, 7) is 2.58. The first-order chi connectivity index (χ1) is 11.6. The SMILES string of the molecule is Cc1ccc(-n2cc(C(=O)NCCc3cccc(Cl)c3)cn2)cc1. The summed E-state index contributed by atoms with van der Waals surface area (Å²) in [6, 6.07) is 15.6. The summed E-state index contributed by atoms with van der Waals surface area (Å²) < 4.78 is 1.70. The third-order valence-corrected chi connectivity index (χ3v) is 3.97. The highest BCUT2D eigenvalue weighted by molar-refractivity contribution is 6.30. The number of hydrogen-bond acceptors (Lipinski definition) is 2. The largest absolute Gasteiger partial charge is 0.352 e. The van der Waals surface area contributed by atoms with E-state index in [0.717, 1.165) is 17.7 Å². The highest BCUT2D eigenvalue weighted by Crippen LogP contribution is 2.11. The number of benzene rings is 2. The topological polar surface area (TPSA) is 46.9 Å². The summed E-state index contributed by atoms with van der Waals surface area (Å²) in [7, 11) is 0. The number of nitrogens with zero attached hydrogens (tertiary/aromatic N) is 2. The van der Waals surface area contributed by atoms with Gasteiger partial charge in [-0.05, 0) is 43.2 Å². The van der Waals surface area contributed by atoms with Crippen molar-refractivity contribution in [2.75, 3.05) is 6.54 Å². The van der Waals surface area contributed by atoms with E-state index in [2.05, 4.69) is 10.4 Å². The van der Waals surface area contributed by atoms with Crippen molar-refractivity contribution in [2.24, 2.45) is 0 Å². The molecule has 4 nitrogen and oxygen atoms in total. The van der Waals surface area contributed by atoms with Crippen molar-refractivity contribution in [1.82, 2.24) is 15.1 Å². The molecule has 3 aromatic rings. The third kappa shape index (κ3) is 4.03. The molecule has 1 aromatic heterocycles. The van der Waals surface area contributed by atoms with Crippen LogP contribution in [0.2, 0.25) is 5.02 Å². The van der Waals surface area contributed by atoms with Crippen molar-refractivity contribution in [1.29, 1.82) is 0 Å². The second-order valence-corrected chi connectivity index (χ2v) is 6.08. The molecule has 0 saturated carbocycles. The van der Waals surface area contributed by atoms with Crippen LogP contribution in [0.4, 0.5) is 0 Å². The number of aryl methyl sites for hydroxylation is 1. The molecule has 3 rings (SSSR count). The van der Waals surface area contributed by atoms with Crippen molar-refractivity contribution in [3.8, 4) is 5.69 Å². The van der Waals surface area contributed by atoms with Crippen LogP contribution < -0.4 is 5.32 Å². The molecular formula is C19H18ClN3O. The van der Waals surface area contributed by atoms with Gasteiger partial charge in [0.05, 0.1) is 17.4 Å². The van der Waals surface area contributed by atoms with E-state index in [0.29, 0.717) is 17.1 Å².